The molecule has 5 nitrogen and oxygen atoms in total. The quantitative estimate of drug-likeness (QED) is 0.349. The van der Waals surface area contributed by atoms with Gasteiger partial charge < -0.3 is 4.74 Å². The first-order valence-electron chi connectivity index (χ1n) is 10.2. The van der Waals surface area contributed by atoms with E-state index in [0.717, 1.165) is 20.5 Å². The first-order valence-corrected chi connectivity index (χ1v) is 12.2. The largest absolute Gasteiger partial charge is 0.370 e. The van der Waals surface area contributed by atoms with Crippen LogP contribution in [-0.2, 0) is 24.3 Å². The van der Waals surface area contributed by atoms with E-state index in [1.165, 1.54) is 15.9 Å². The summed E-state index contributed by atoms with van der Waals surface area (Å²) in [5.41, 5.74) is 1.34. The Kier molecular flexibility index (Phi) is 5.40. The zero-order valence-electron chi connectivity index (χ0n) is 17.5. The molecule has 0 N–H and O–H groups in total. The van der Waals surface area contributed by atoms with Gasteiger partial charge in [-0.25, -0.2) is 9.36 Å². The Morgan fingerprint density at radius 2 is 1.91 bits per heavy atom. The van der Waals surface area contributed by atoms with Crippen LogP contribution in [0, 0.1) is 0 Å². The van der Waals surface area contributed by atoms with E-state index in [9.17, 15) is 9.59 Å². The predicted octanol–water partition coefficient (Wildman–Crippen LogP) is 5.53. The van der Waals surface area contributed by atoms with E-state index in [1.807, 2.05) is 38.1 Å². The van der Waals surface area contributed by atoms with Crippen molar-refractivity contribution in [1.29, 1.82) is 0 Å². The van der Waals surface area contributed by atoms with Crippen molar-refractivity contribution < 1.29 is 4.74 Å². The highest BCUT2D eigenvalue weighted by atomic mass is 79.9. The number of rotatable bonds is 3. The minimum absolute atomic E-state index is 0.311. The summed E-state index contributed by atoms with van der Waals surface area (Å²) < 4.78 is 9.88. The van der Waals surface area contributed by atoms with Gasteiger partial charge in [-0.05, 0) is 55.3 Å². The summed E-state index contributed by atoms with van der Waals surface area (Å²) in [7, 11) is 0. The summed E-state index contributed by atoms with van der Waals surface area (Å²) in [5, 5.41) is 1.06. The second-order valence-electron chi connectivity index (χ2n) is 8.52. The van der Waals surface area contributed by atoms with Crippen LogP contribution in [0.5, 0.6) is 0 Å². The van der Waals surface area contributed by atoms with Crippen molar-refractivity contribution in [1.82, 2.24) is 9.13 Å². The highest BCUT2D eigenvalue weighted by molar-refractivity contribution is 9.10. The average Bonchev–Trinajstić information content (AvgIpc) is 3.10. The van der Waals surface area contributed by atoms with E-state index in [2.05, 4.69) is 15.9 Å². The van der Waals surface area contributed by atoms with E-state index in [1.54, 1.807) is 28.8 Å². The molecule has 2 aromatic heterocycles. The fourth-order valence-electron chi connectivity index (χ4n) is 4.11. The molecule has 0 spiro atoms. The fraction of sp³-hybridized carbons (Fsp3) is 0.250. The summed E-state index contributed by atoms with van der Waals surface area (Å²) in [6, 6.07) is 14.7. The second-order valence-corrected chi connectivity index (χ2v) is 11.0. The highest BCUT2D eigenvalue weighted by Crippen LogP contribution is 2.37. The molecule has 32 heavy (non-hydrogen) atoms. The van der Waals surface area contributed by atoms with Crippen molar-refractivity contribution >= 4 is 49.1 Å². The summed E-state index contributed by atoms with van der Waals surface area (Å²) in [5.74, 6) is 0. The fourth-order valence-corrected chi connectivity index (χ4v) is 5.77. The van der Waals surface area contributed by atoms with Crippen molar-refractivity contribution in [2.45, 2.75) is 39.0 Å². The minimum atomic E-state index is -0.383. The molecule has 0 unspecified atom stereocenters. The van der Waals surface area contributed by atoms with Crippen LogP contribution in [0.2, 0.25) is 5.02 Å². The topological polar surface area (TPSA) is 53.2 Å². The molecule has 0 saturated heterocycles. The van der Waals surface area contributed by atoms with Gasteiger partial charge in [-0.3, -0.25) is 9.36 Å². The molecule has 3 heterocycles. The van der Waals surface area contributed by atoms with Gasteiger partial charge in [0, 0.05) is 20.8 Å². The van der Waals surface area contributed by atoms with Crippen LogP contribution in [0.4, 0.5) is 0 Å². The number of fused-ring (bicyclic) bond motifs is 3. The first kappa shape index (κ1) is 21.6. The molecule has 0 amide bonds. The summed E-state index contributed by atoms with van der Waals surface area (Å²) in [6.45, 7) is 4.83. The molecule has 164 valence electrons. The summed E-state index contributed by atoms with van der Waals surface area (Å²) in [4.78, 5) is 29.1. The third-order valence-corrected chi connectivity index (χ3v) is 7.67. The Balaban J connectivity index is 1.83. The van der Waals surface area contributed by atoms with Gasteiger partial charge in [-0.1, -0.05) is 45.7 Å². The molecule has 5 rings (SSSR count). The summed E-state index contributed by atoms with van der Waals surface area (Å²) >= 11 is 11.1. The van der Waals surface area contributed by atoms with Gasteiger partial charge >= 0.3 is 5.69 Å². The molecular weight excluding hydrogens is 512 g/mol. The van der Waals surface area contributed by atoms with Crippen LogP contribution in [0.15, 0.2) is 62.6 Å². The van der Waals surface area contributed by atoms with Crippen molar-refractivity contribution in [2.24, 2.45) is 0 Å². The van der Waals surface area contributed by atoms with Crippen LogP contribution >= 0.6 is 38.9 Å². The van der Waals surface area contributed by atoms with E-state index < -0.39 is 0 Å². The van der Waals surface area contributed by atoms with E-state index >= 15 is 0 Å². The van der Waals surface area contributed by atoms with Crippen molar-refractivity contribution in [3.8, 4) is 5.69 Å². The first-order chi connectivity index (χ1) is 15.2. The number of nitrogens with zero attached hydrogens (tertiary/aromatic N) is 2. The zero-order chi connectivity index (χ0) is 22.6. The van der Waals surface area contributed by atoms with E-state index in [4.69, 9.17) is 16.3 Å². The maximum atomic E-state index is 13.7. The summed E-state index contributed by atoms with van der Waals surface area (Å²) in [6.07, 6.45) is 0.615. The number of halogens is 2. The van der Waals surface area contributed by atoms with Crippen molar-refractivity contribution in [3.05, 3.63) is 94.9 Å². The van der Waals surface area contributed by atoms with Gasteiger partial charge in [0.1, 0.15) is 4.83 Å². The van der Waals surface area contributed by atoms with Gasteiger partial charge in [0.2, 0.25) is 0 Å². The lowest BCUT2D eigenvalue weighted by atomic mass is 9.94. The average molecular weight is 532 g/mol. The number of aromatic nitrogens is 2. The second kappa shape index (κ2) is 7.99. The lowest BCUT2D eigenvalue weighted by molar-refractivity contribution is -0.0379. The zero-order valence-corrected chi connectivity index (χ0v) is 20.7. The lowest BCUT2D eigenvalue weighted by Gasteiger charge is -2.29. The van der Waals surface area contributed by atoms with Crippen molar-refractivity contribution in [3.63, 3.8) is 0 Å². The molecule has 8 heteroatoms. The number of benzene rings is 2. The van der Waals surface area contributed by atoms with Gasteiger partial charge in [0.25, 0.3) is 5.56 Å². The molecule has 4 aromatic rings. The molecule has 0 radical (unpaired) electrons. The maximum Gasteiger partial charge on any atom is 0.337 e. The lowest BCUT2D eigenvalue weighted by Crippen LogP contribution is -2.39. The molecule has 0 saturated carbocycles. The predicted molar refractivity (Wildman–Crippen MR) is 133 cm³/mol. The van der Waals surface area contributed by atoms with Gasteiger partial charge in [0.05, 0.1) is 29.8 Å². The van der Waals surface area contributed by atoms with Gasteiger partial charge in [-0.2, -0.15) is 0 Å². The third-order valence-electron chi connectivity index (χ3n) is 5.67. The molecule has 1 aliphatic heterocycles. The Morgan fingerprint density at radius 1 is 1.16 bits per heavy atom. The molecule has 1 aliphatic rings. The van der Waals surface area contributed by atoms with Crippen molar-refractivity contribution in [2.75, 3.05) is 0 Å². The SMILES string of the molecule is CC1(C)Cc2c(sc3c2c(=O)n(-c2cccc(Cl)c2)c(=O)n3Cc2ccc(Br)cc2)CO1. The highest BCUT2D eigenvalue weighted by Gasteiger charge is 2.32. The smallest absolute Gasteiger partial charge is 0.337 e. The normalized spacial score (nSPS) is 15.1. The molecule has 0 atom stereocenters. The number of thiophene rings is 1. The van der Waals surface area contributed by atoms with E-state index in [-0.39, 0.29) is 16.9 Å². The van der Waals surface area contributed by atoms with Crippen LogP contribution < -0.4 is 11.2 Å². The van der Waals surface area contributed by atoms with Crippen LogP contribution in [-0.4, -0.2) is 14.7 Å². The Bertz CT molecular complexity index is 1470. The number of hydrogen-bond donors (Lipinski definition) is 0. The molecular formula is C24H20BrClN2O3S. The monoisotopic (exact) mass is 530 g/mol. The minimum Gasteiger partial charge on any atom is -0.370 e. The number of ether oxygens (including phenoxy) is 1. The Hall–Kier alpha value is -2.19. The maximum absolute atomic E-state index is 13.7. The molecule has 0 bridgehead atoms. The Morgan fingerprint density at radius 3 is 2.62 bits per heavy atom. The van der Waals surface area contributed by atoms with Crippen LogP contribution in [0.1, 0.15) is 29.9 Å². The molecule has 0 fully saturated rings. The molecule has 0 aliphatic carbocycles. The van der Waals surface area contributed by atoms with Gasteiger partial charge in [-0.15, -0.1) is 11.3 Å². The van der Waals surface area contributed by atoms with E-state index in [0.29, 0.717) is 40.5 Å². The van der Waals surface area contributed by atoms with Crippen LogP contribution in [0.3, 0.4) is 0 Å². The number of hydrogen-bond acceptors (Lipinski definition) is 4. The van der Waals surface area contributed by atoms with Gasteiger partial charge in [0.15, 0.2) is 0 Å². The third kappa shape index (κ3) is 3.77. The molecule has 2 aromatic carbocycles. The van der Waals surface area contributed by atoms with Crippen LogP contribution in [0.25, 0.3) is 15.9 Å². The standard InChI is InChI=1S/C24H20BrClN2O3S/c1-24(2)11-18-19(13-31-24)32-22-20(18)21(29)28(17-5-3-4-16(26)10-17)23(30)27(22)12-14-6-8-15(25)9-7-14/h3-10H,11-13H2,1-2H3. The Labute approximate surface area is 202 Å².